The summed E-state index contributed by atoms with van der Waals surface area (Å²) >= 11 is 0. The van der Waals surface area contributed by atoms with Crippen LogP contribution in [0.5, 0.6) is 0 Å². The highest BCUT2D eigenvalue weighted by Crippen LogP contribution is 2.33. The summed E-state index contributed by atoms with van der Waals surface area (Å²) in [5, 5.41) is 8.96. The van der Waals surface area contributed by atoms with Crippen LogP contribution in [0, 0.1) is 0 Å². The van der Waals surface area contributed by atoms with Crippen LogP contribution >= 0.6 is 0 Å². The van der Waals surface area contributed by atoms with Crippen molar-refractivity contribution in [2.75, 3.05) is 0 Å². The Morgan fingerprint density at radius 1 is 0.731 bits per heavy atom. The Bertz CT molecular complexity index is 1230. The van der Waals surface area contributed by atoms with Gasteiger partial charge in [-0.05, 0) is 5.56 Å². The van der Waals surface area contributed by atoms with Crippen LogP contribution in [0.1, 0.15) is 0 Å². The van der Waals surface area contributed by atoms with Crippen LogP contribution < -0.4 is 11.2 Å². The molecule has 0 atom stereocenters. The minimum atomic E-state index is -0.428. The molecule has 2 aromatic heterocycles. The summed E-state index contributed by atoms with van der Waals surface area (Å²) in [7, 11) is 3.07. The molecule has 4 aromatic rings. The smallest absolute Gasteiger partial charge is 0.279 e. The summed E-state index contributed by atoms with van der Waals surface area (Å²) in [6, 6.07) is 19.2. The van der Waals surface area contributed by atoms with Crippen molar-refractivity contribution >= 4 is 11.0 Å². The standard InChI is InChI=1S/C20H16N4O2/c1-23-18-16(19(25)24(2)20(23)26)15(13-9-5-3-6-10-13)17(21-22-18)14-11-7-4-8-12-14/h3-12H,1-2H3. The van der Waals surface area contributed by atoms with E-state index in [0.717, 1.165) is 15.7 Å². The van der Waals surface area contributed by atoms with Gasteiger partial charge >= 0.3 is 5.69 Å². The summed E-state index contributed by atoms with van der Waals surface area (Å²) in [5.74, 6) is 0. The molecule has 128 valence electrons. The average molecular weight is 344 g/mol. The second-order valence-corrected chi connectivity index (χ2v) is 6.06. The van der Waals surface area contributed by atoms with Gasteiger partial charge in [-0.25, -0.2) is 4.79 Å². The van der Waals surface area contributed by atoms with Gasteiger partial charge in [-0.2, -0.15) is 0 Å². The van der Waals surface area contributed by atoms with E-state index in [2.05, 4.69) is 10.2 Å². The molecule has 0 N–H and O–H groups in total. The topological polar surface area (TPSA) is 69.8 Å². The molecule has 0 amide bonds. The van der Waals surface area contributed by atoms with Gasteiger partial charge in [-0.1, -0.05) is 60.7 Å². The first-order valence-electron chi connectivity index (χ1n) is 8.17. The van der Waals surface area contributed by atoms with Crippen LogP contribution in [0.15, 0.2) is 70.3 Å². The van der Waals surface area contributed by atoms with Crippen molar-refractivity contribution in [3.05, 3.63) is 81.5 Å². The molecule has 0 radical (unpaired) electrons. The number of hydrogen-bond acceptors (Lipinski definition) is 4. The quantitative estimate of drug-likeness (QED) is 0.560. The van der Waals surface area contributed by atoms with Gasteiger partial charge in [-0.3, -0.25) is 13.9 Å². The van der Waals surface area contributed by atoms with Crippen molar-refractivity contribution in [2.45, 2.75) is 0 Å². The van der Waals surface area contributed by atoms with Crippen LogP contribution in [0.3, 0.4) is 0 Å². The third kappa shape index (κ3) is 2.35. The number of fused-ring (bicyclic) bond motifs is 1. The van der Waals surface area contributed by atoms with Crippen molar-refractivity contribution in [1.29, 1.82) is 0 Å². The Hall–Kier alpha value is -3.54. The van der Waals surface area contributed by atoms with E-state index in [4.69, 9.17) is 0 Å². The fourth-order valence-electron chi connectivity index (χ4n) is 3.12. The second-order valence-electron chi connectivity index (χ2n) is 6.06. The van der Waals surface area contributed by atoms with Gasteiger partial charge < -0.3 is 0 Å². The second kappa shape index (κ2) is 6.07. The van der Waals surface area contributed by atoms with E-state index < -0.39 is 5.69 Å². The molecule has 6 nitrogen and oxygen atoms in total. The maximum atomic E-state index is 13.0. The molecule has 0 spiro atoms. The fraction of sp³-hybridized carbons (Fsp3) is 0.100. The van der Waals surface area contributed by atoms with Crippen molar-refractivity contribution < 1.29 is 0 Å². The molecule has 0 saturated heterocycles. The molecule has 26 heavy (non-hydrogen) atoms. The number of aromatic nitrogens is 4. The molecular formula is C20H16N4O2. The summed E-state index contributed by atoms with van der Waals surface area (Å²) in [6.07, 6.45) is 0. The lowest BCUT2D eigenvalue weighted by Crippen LogP contribution is -2.37. The van der Waals surface area contributed by atoms with Gasteiger partial charge in [0.1, 0.15) is 5.69 Å². The lowest BCUT2D eigenvalue weighted by molar-refractivity contribution is 0.703. The third-order valence-electron chi connectivity index (χ3n) is 4.47. The first-order valence-corrected chi connectivity index (χ1v) is 8.17. The van der Waals surface area contributed by atoms with Gasteiger partial charge in [0.25, 0.3) is 5.56 Å². The van der Waals surface area contributed by atoms with Crippen LogP contribution in [0.4, 0.5) is 0 Å². The van der Waals surface area contributed by atoms with Crippen LogP contribution in [-0.2, 0) is 14.1 Å². The molecule has 0 unspecified atom stereocenters. The van der Waals surface area contributed by atoms with E-state index in [1.807, 2.05) is 60.7 Å². The summed E-state index contributed by atoms with van der Waals surface area (Å²) in [4.78, 5) is 25.2. The lowest BCUT2D eigenvalue weighted by atomic mass is 9.97. The zero-order valence-electron chi connectivity index (χ0n) is 14.4. The highest BCUT2D eigenvalue weighted by atomic mass is 16.2. The Morgan fingerprint density at radius 3 is 1.92 bits per heavy atom. The van der Waals surface area contributed by atoms with Crippen molar-refractivity contribution in [3.8, 4) is 22.4 Å². The van der Waals surface area contributed by atoms with E-state index in [9.17, 15) is 9.59 Å². The minimum absolute atomic E-state index is 0.275. The minimum Gasteiger partial charge on any atom is -0.279 e. The van der Waals surface area contributed by atoms with E-state index in [0.29, 0.717) is 16.6 Å². The monoisotopic (exact) mass is 344 g/mol. The Kier molecular flexibility index (Phi) is 3.73. The third-order valence-corrected chi connectivity index (χ3v) is 4.47. The van der Waals surface area contributed by atoms with Gasteiger partial charge in [-0.15, -0.1) is 10.2 Å². The van der Waals surface area contributed by atoms with E-state index in [1.165, 1.54) is 11.6 Å². The largest absolute Gasteiger partial charge is 0.332 e. The normalized spacial score (nSPS) is 11.0. The maximum Gasteiger partial charge on any atom is 0.332 e. The van der Waals surface area contributed by atoms with Crippen molar-refractivity contribution in [2.24, 2.45) is 14.1 Å². The van der Waals surface area contributed by atoms with E-state index in [1.54, 1.807) is 7.05 Å². The molecule has 0 fully saturated rings. The molecule has 6 heteroatoms. The van der Waals surface area contributed by atoms with Gasteiger partial charge in [0.2, 0.25) is 0 Å². The molecule has 0 aliphatic rings. The number of rotatable bonds is 2. The molecule has 0 aliphatic heterocycles. The van der Waals surface area contributed by atoms with Gasteiger partial charge in [0.05, 0.1) is 5.39 Å². The molecule has 0 bridgehead atoms. The zero-order chi connectivity index (χ0) is 18.3. The van der Waals surface area contributed by atoms with E-state index >= 15 is 0 Å². The number of benzene rings is 2. The summed E-state index contributed by atoms with van der Waals surface area (Å²) in [5.41, 5.74) is 2.46. The first-order chi connectivity index (χ1) is 12.6. The number of aryl methyl sites for hydroxylation is 1. The highest BCUT2D eigenvalue weighted by Gasteiger charge is 2.20. The fourth-order valence-corrected chi connectivity index (χ4v) is 3.12. The van der Waals surface area contributed by atoms with Gasteiger partial charge in [0, 0.05) is 25.2 Å². The number of hydrogen-bond donors (Lipinski definition) is 0. The Labute approximate surface area is 149 Å². The van der Waals surface area contributed by atoms with Crippen LogP contribution in [0.25, 0.3) is 33.4 Å². The molecule has 0 aliphatic carbocycles. The maximum absolute atomic E-state index is 13.0. The summed E-state index contributed by atoms with van der Waals surface area (Å²) < 4.78 is 2.45. The first kappa shape index (κ1) is 16.0. The van der Waals surface area contributed by atoms with Crippen LogP contribution in [0.2, 0.25) is 0 Å². The average Bonchev–Trinajstić information content (AvgIpc) is 2.71. The van der Waals surface area contributed by atoms with Gasteiger partial charge in [0.15, 0.2) is 5.65 Å². The molecular weight excluding hydrogens is 328 g/mol. The van der Waals surface area contributed by atoms with Crippen molar-refractivity contribution in [1.82, 2.24) is 19.3 Å². The predicted octanol–water partition coefficient (Wildman–Crippen LogP) is 2.36. The SMILES string of the molecule is Cn1c(=O)c2c(-c3ccccc3)c(-c3ccccc3)nnc2n(C)c1=O. The number of nitrogens with zero attached hydrogens (tertiary/aromatic N) is 4. The lowest BCUT2D eigenvalue weighted by Gasteiger charge is -2.14. The predicted molar refractivity (Wildman–Crippen MR) is 101 cm³/mol. The molecule has 0 saturated carbocycles. The van der Waals surface area contributed by atoms with E-state index in [-0.39, 0.29) is 11.2 Å². The molecule has 4 rings (SSSR count). The Balaban J connectivity index is 2.25. The van der Waals surface area contributed by atoms with Crippen LogP contribution in [-0.4, -0.2) is 19.3 Å². The molecule has 2 heterocycles. The zero-order valence-corrected chi connectivity index (χ0v) is 14.4. The highest BCUT2D eigenvalue weighted by molar-refractivity contribution is 5.99. The molecule has 2 aromatic carbocycles. The summed E-state index contributed by atoms with van der Waals surface area (Å²) in [6.45, 7) is 0. The Morgan fingerprint density at radius 2 is 1.31 bits per heavy atom. The van der Waals surface area contributed by atoms with Crippen molar-refractivity contribution in [3.63, 3.8) is 0 Å².